The van der Waals surface area contributed by atoms with Crippen LogP contribution in [0.2, 0.25) is 0 Å². The summed E-state index contributed by atoms with van der Waals surface area (Å²) in [7, 11) is 0. The highest BCUT2D eigenvalue weighted by Crippen LogP contribution is 2.21. The fourth-order valence-electron chi connectivity index (χ4n) is 2.49. The van der Waals surface area contributed by atoms with Gasteiger partial charge in [-0.1, -0.05) is 59.7 Å². The van der Waals surface area contributed by atoms with Crippen LogP contribution in [0.15, 0.2) is 65.7 Å². The molecule has 1 heteroatoms. The van der Waals surface area contributed by atoms with Crippen LogP contribution in [0.3, 0.4) is 0 Å². The Bertz CT molecular complexity index is 764. The van der Waals surface area contributed by atoms with Gasteiger partial charge in [0.05, 0.1) is 5.69 Å². The lowest BCUT2D eigenvalue weighted by Crippen LogP contribution is -1.85. The van der Waals surface area contributed by atoms with Crippen molar-refractivity contribution in [1.29, 1.82) is 0 Å². The molecule has 3 rings (SSSR count). The molecule has 0 aliphatic carbocycles. The molecular formula is C19H17N. The molecule has 0 amide bonds. The Morgan fingerprint density at radius 3 is 2.20 bits per heavy atom. The van der Waals surface area contributed by atoms with Crippen molar-refractivity contribution in [2.45, 2.75) is 13.8 Å². The smallest absolute Gasteiger partial charge is 0.0636 e. The minimum absolute atomic E-state index is 0.989. The van der Waals surface area contributed by atoms with Gasteiger partial charge in [-0.25, -0.2) is 0 Å². The van der Waals surface area contributed by atoms with Crippen molar-refractivity contribution in [1.82, 2.24) is 0 Å². The number of nitrogens with zero attached hydrogens (tertiary/aromatic N) is 1. The van der Waals surface area contributed by atoms with Crippen molar-refractivity contribution in [3.05, 3.63) is 77.4 Å². The molecule has 0 aliphatic heterocycles. The SMILES string of the molecule is Cc1cc(C)cc(C=Nc2ccc3ccccc3c2)c1. The Hall–Kier alpha value is -2.41. The van der Waals surface area contributed by atoms with Gasteiger partial charge in [0, 0.05) is 6.21 Å². The van der Waals surface area contributed by atoms with Gasteiger partial charge in [-0.3, -0.25) is 4.99 Å². The molecule has 1 nitrogen and oxygen atoms in total. The third-order valence-electron chi connectivity index (χ3n) is 3.34. The van der Waals surface area contributed by atoms with Crippen molar-refractivity contribution in [3.8, 4) is 0 Å². The number of aryl methyl sites for hydroxylation is 2. The fraction of sp³-hybridized carbons (Fsp3) is 0.105. The molecule has 0 unspecified atom stereocenters. The Morgan fingerprint density at radius 1 is 0.750 bits per heavy atom. The van der Waals surface area contributed by atoms with E-state index in [0.717, 1.165) is 11.3 Å². The lowest BCUT2D eigenvalue weighted by molar-refractivity contribution is 1.37. The number of aliphatic imine (C=N–C) groups is 1. The van der Waals surface area contributed by atoms with Gasteiger partial charge in [0.15, 0.2) is 0 Å². The molecule has 0 saturated heterocycles. The quantitative estimate of drug-likeness (QED) is 0.560. The van der Waals surface area contributed by atoms with Gasteiger partial charge >= 0.3 is 0 Å². The van der Waals surface area contributed by atoms with Gasteiger partial charge in [0.1, 0.15) is 0 Å². The molecule has 0 atom stereocenters. The molecule has 0 radical (unpaired) electrons. The first-order valence-corrected chi connectivity index (χ1v) is 6.82. The average molecular weight is 259 g/mol. The first-order valence-electron chi connectivity index (χ1n) is 6.82. The maximum Gasteiger partial charge on any atom is 0.0636 e. The highest BCUT2D eigenvalue weighted by Gasteiger charge is 1.95. The third-order valence-corrected chi connectivity index (χ3v) is 3.34. The maximum atomic E-state index is 4.58. The predicted octanol–water partition coefficient (Wildman–Crippen LogP) is 5.21. The standard InChI is InChI=1S/C19H17N/c1-14-9-15(2)11-16(10-14)13-20-19-8-7-17-5-3-4-6-18(17)12-19/h3-13H,1-2H3. The van der Waals surface area contributed by atoms with Crippen LogP contribution in [0.5, 0.6) is 0 Å². The highest BCUT2D eigenvalue weighted by atomic mass is 14.7. The summed E-state index contributed by atoms with van der Waals surface area (Å²) in [5.41, 5.74) is 4.67. The second-order valence-electron chi connectivity index (χ2n) is 5.21. The van der Waals surface area contributed by atoms with Crippen LogP contribution in [-0.4, -0.2) is 6.21 Å². The van der Waals surface area contributed by atoms with Gasteiger partial charge in [-0.15, -0.1) is 0 Å². The van der Waals surface area contributed by atoms with Gasteiger partial charge in [-0.05, 0) is 42.3 Å². The molecule has 3 aromatic carbocycles. The van der Waals surface area contributed by atoms with E-state index < -0.39 is 0 Å². The van der Waals surface area contributed by atoms with E-state index in [1.54, 1.807) is 0 Å². The molecule has 0 aromatic heterocycles. The van der Waals surface area contributed by atoms with Crippen LogP contribution in [0, 0.1) is 13.8 Å². The predicted molar refractivity (Wildman–Crippen MR) is 87.1 cm³/mol. The summed E-state index contributed by atoms with van der Waals surface area (Å²) in [6, 6.07) is 21.1. The summed E-state index contributed by atoms with van der Waals surface area (Å²) in [6.07, 6.45) is 1.93. The Kier molecular flexibility index (Phi) is 3.34. The minimum atomic E-state index is 0.989. The minimum Gasteiger partial charge on any atom is -0.256 e. The number of hydrogen-bond acceptors (Lipinski definition) is 1. The first-order chi connectivity index (χ1) is 9.70. The summed E-state index contributed by atoms with van der Waals surface area (Å²) in [6.45, 7) is 4.22. The van der Waals surface area contributed by atoms with Gasteiger partial charge in [0.2, 0.25) is 0 Å². The zero-order valence-electron chi connectivity index (χ0n) is 11.8. The molecule has 98 valence electrons. The molecule has 0 heterocycles. The second kappa shape index (κ2) is 5.30. The summed E-state index contributed by atoms with van der Waals surface area (Å²) >= 11 is 0. The molecule has 0 spiro atoms. The summed E-state index contributed by atoms with van der Waals surface area (Å²) < 4.78 is 0. The van der Waals surface area contributed by atoms with E-state index in [9.17, 15) is 0 Å². The van der Waals surface area contributed by atoms with Crippen molar-refractivity contribution in [2.24, 2.45) is 4.99 Å². The van der Waals surface area contributed by atoms with Crippen molar-refractivity contribution < 1.29 is 0 Å². The Balaban J connectivity index is 1.93. The monoisotopic (exact) mass is 259 g/mol. The van der Waals surface area contributed by atoms with Crippen molar-refractivity contribution >= 4 is 22.7 Å². The fourth-order valence-corrected chi connectivity index (χ4v) is 2.49. The van der Waals surface area contributed by atoms with Gasteiger partial charge in [-0.2, -0.15) is 0 Å². The van der Waals surface area contributed by atoms with E-state index in [-0.39, 0.29) is 0 Å². The average Bonchev–Trinajstić information content (AvgIpc) is 2.44. The molecule has 3 aromatic rings. The second-order valence-corrected chi connectivity index (χ2v) is 5.21. The third kappa shape index (κ3) is 2.77. The Labute approximate surface area is 119 Å². The maximum absolute atomic E-state index is 4.58. The summed E-state index contributed by atoms with van der Waals surface area (Å²) in [5.74, 6) is 0. The lowest BCUT2D eigenvalue weighted by Gasteiger charge is -2.01. The first kappa shape index (κ1) is 12.6. The van der Waals surface area contributed by atoms with Crippen molar-refractivity contribution in [3.63, 3.8) is 0 Å². The van der Waals surface area contributed by atoms with Crippen LogP contribution in [0.1, 0.15) is 16.7 Å². The van der Waals surface area contributed by atoms with E-state index in [1.807, 2.05) is 6.21 Å². The molecule has 0 bridgehead atoms. The zero-order valence-corrected chi connectivity index (χ0v) is 11.8. The van der Waals surface area contributed by atoms with E-state index in [1.165, 1.54) is 21.9 Å². The molecule has 0 N–H and O–H groups in total. The number of hydrogen-bond donors (Lipinski definition) is 0. The number of benzene rings is 3. The van der Waals surface area contributed by atoms with E-state index in [2.05, 4.69) is 79.5 Å². The van der Waals surface area contributed by atoms with Crippen LogP contribution >= 0.6 is 0 Å². The lowest BCUT2D eigenvalue weighted by atomic mass is 10.1. The molecule has 0 fully saturated rings. The molecule has 20 heavy (non-hydrogen) atoms. The van der Waals surface area contributed by atoms with Crippen LogP contribution < -0.4 is 0 Å². The normalized spacial score (nSPS) is 11.3. The van der Waals surface area contributed by atoms with E-state index >= 15 is 0 Å². The van der Waals surface area contributed by atoms with Crippen LogP contribution in [-0.2, 0) is 0 Å². The van der Waals surface area contributed by atoms with Crippen LogP contribution in [0.25, 0.3) is 10.8 Å². The van der Waals surface area contributed by atoms with E-state index in [0.29, 0.717) is 0 Å². The topological polar surface area (TPSA) is 12.4 Å². The molecule has 0 aliphatic rings. The van der Waals surface area contributed by atoms with Gasteiger partial charge < -0.3 is 0 Å². The zero-order chi connectivity index (χ0) is 13.9. The molecular weight excluding hydrogens is 242 g/mol. The van der Waals surface area contributed by atoms with Crippen LogP contribution in [0.4, 0.5) is 5.69 Å². The molecule has 0 saturated carbocycles. The van der Waals surface area contributed by atoms with Gasteiger partial charge in [0.25, 0.3) is 0 Å². The largest absolute Gasteiger partial charge is 0.256 e. The van der Waals surface area contributed by atoms with Crippen molar-refractivity contribution in [2.75, 3.05) is 0 Å². The summed E-state index contributed by atoms with van der Waals surface area (Å²) in [4.78, 5) is 4.58. The Morgan fingerprint density at radius 2 is 1.45 bits per heavy atom. The number of fused-ring (bicyclic) bond motifs is 1. The number of rotatable bonds is 2. The van der Waals surface area contributed by atoms with E-state index in [4.69, 9.17) is 0 Å². The highest BCUT2D eigenvalue weighted by molar-refractivity contribution is 5.87. The summed E-state index contributed by atoms with van der Waals surface area (Å²) in [5, 5.41) is 2.47.